The number of aromatic nitrogens is 2. The predicted octanol–water partition coefficient (Wildman–Crippen LogP) is 1.49. The summed E-state index contributed by atoms with van der Waals surface area (Å²) in [6, 6.07) is 0.194. The Balaban J connectivity index is 1.47. The highest BCUT2D eigenvalue weighted by Gasteiger charge is 2.27. The number of ether oxygens (including phenoxy) is 1. The zero-order valence-electron chi connectivity index (χ0n) is 14.2. The number of hydrogen-bond donors (Lipinski definition) is 1. The number of carbonyl (C=O) groups is 1. The van der Waals surface area contributed by atoms with Crippen molar-refractivity contribution in [3.63, 3.8) is 0 Å². The van der Waals surface area contributed by atoms with Gasteiger partial charge in [0.15, 0.2) is 0 Å². The summed E-state index contributed by atoms with van der Waals surface area (Å²) in [6.07, 6.45) is 7.78. The Labute approximate surface area is 138 Å². The quantitative estimate of drug-likeness (QED) is 0.913. The SMILES string of the molecule is CC1CCN(CC(=O)N[C@@H]2CCO[C@H](c3cncn3C)C2)CC1. The summed E-state index contributed by atoms with van der Waals surface area (Å²) in [5.41, 5.74) is 1.08. The summed E-state index contributed by atoms with van der Waals surface area (Å²) in [5.74, 6) is 0.944. The molecule has 2 fully saturated rings. The fraction of sp³-hybridized carbons (Fsp3) is 0.765. The van der Waals surface area contributed by atoms with Crippen molar-refractivity contribution in [2.45, 2.75) is 44.8 Å². The van der Waals surface area contributed by atoms with Gasteiger partial charge in [-0.25, -0.2) is 4.98 Å². The maximum atomic E-state index is 12.3. The van der Waals surface area contributed by atoms with E-state index in [9.17, 15) is 4.79 Å². The molecule has 2 aliphatic rings. The predicted molar refractivity (Wildman–Crippen MR) is 87.9 cm³/mol. The van der Waals surface area contributed by atoms with E-state index < -0.39 is 0 Å². The normalized spacial score (nSPS) is 27.0. The third kappa shape index (κ3) is 4.32. The van der Waals surface area contributed by atoms with Crippen LogP contribution in [0.15, 0.2) is 12.5 Å². The van der Waals surface area contributed by atoms with Crippen LogP contribution in [-0.4, -0.2) is 52.6 Å². The van der Waals surface area contributed by atoms with Crippen molar-refractivity contribution in [1.82, 2.24) is 19.8 Å². The van der Waals surface area contributed by atoms with E-state index in [0.29, 0.717) is 13.2 Å². The van der Waals surface area contributed by atoms with E-state index in [0.717, 1.165) is 37.5 Å². The van der Waals surface area contributed by atoms with Gasteiger partial charge < -0.3 is 14.6 Å². The summed E-state index contributed by atoms with van der Waals surface area (Å²) < 4.78 is 7.84. The molecule has 2 atom stereocenters. The van der Waals surface area contributed by atoms with Crippen molar-refractivity contribution in [2.75, 3.05) is 26.2 Å². The van der Waals surface area contributed by atoms with Gasteiger partial charge in [-0.05, 0) is 44.7 Å². The van der Waals surface area contributed by atoms with E-state index in [1.165, 1.54) is 12.8 Å². The molecule has 128 valence electrons. The molecule has 1 amide bonds. The number of rotatable bonds is 4. The number of carbonyl (C=O) groups excluding carboxylic acids is 1. The number of imidazole rings is 1. The number of nitrogens with zero attached hydrogens (tertiary/aromatic N) is 3. The van der Waals surface area contributed by atoms with Crippen LogP contribution in [0.5, 0.6) is 0 Å². The van der Waals surface area contributed by atoms with E-state index in [2.05, 4.69) is 22.1 Å². The van der Waals surface area contributed by atoms with Crippen LogP contribution in [0.1, 0.15) is 44.4 Å². The average Bonchev–Trinajstić information content (AvgIpc) is 2.96. The van der Waals surface area contributed by atoms with Crippen molar-refractivity contribution in [3.8, 4) is 0 Å². The largest absolute Gasteiger partial charge is 0.372 e. The van der Waals surface area contributed by atoms with Gasteiger partial charge in [-0.1, -0.05) is 6.92 Å². The van der Waals surface area contributed by atoms with Crippen molar-refractivity contribution >= 4 is 5.91 Å². The Morgan fingerprint density at radius 3 is 2.87 bits per heavy atom. The van der Waals surface area contributed by atoms with Crippen LogP contribution >= 0.6 is 0 Å². The number of amides is 1. The third-order valence-corrected chi connectivity index (χ3v) is 5.08. The molecule has 6 nitrogen and oxygen atoms in total. The van der Waals surface area contributed by atoms with Crippen LogP contribution in [0.25, 0.3) is 0 Å². The van der Waals surface area contributed by atoms with Crippen LogP contribution in [0.2, 0.25) is 0 Å². The van der Waals surface area contributed by atoms with Crippen LogP contribution < -0.4 is 5.32 Å². The third-order valence-electron chi connectivity index (χ3n) is 5.08. The summed E-state index contributed by atoms with van der Waals surface area (Å²) in [5, 5.41) is 3.20. The lowest BCUT2D eigenvalue weighted by atomic mass is 9.99. The van der Waals surface area contributed by atoms with Gasteiger partial charge in [0.2, 0.25) is 5.91 Å². The van der Waals surface area contributed by atoms with Crippen molar-refractivity contribution < 1.29 is 9.53 Å². The highest BCUT2D eigenvalue weighted by atomic mass is 16.5. The molecule has 0 spiro atoms. The Hall–Kier alpha value is -1.40. The molecule has 1 aromatic rings. The monoisotopic (exact) mass is 320 g/mol. The van der Waals surface area contributed by atoms with Crippen molar-refractivity contribution in [1.29, 1.82) is 0 Å². The number of aryl methyl sites for hydroxylation is 1. The Morgan fingerprint density at radius 2 is 2.17 bits per heavy atom. The summed E-state index contributed by atoms with van der Waals surface area (Å²) in [4.78, 5) is 18.7. The van der Waals surface area contributed by atoms with Gasteiger partial charge in [0.1, 0.15) is 6.10 Å². The zero-order chi connectivity index (χ0) is 16.2. The smallest absolute Gasteiger partial charge is 0.234 e. The van der Waals surface area contributed by atoms with Gasteiger partial charge in [0.25, 0.3) is 0 Å². The van der Waals surface area contributed by atoms with Gasteiger partial charge in [-0.15, -0.1) is 0 Å². The standard InChI is InChI=1S/C17H28N4O2/c1-13-3-6-21(7-4-13)11-17(22)19-14-5-8-23-16(9-14)15-10-18-12-20(15)2/h10,12-14,16H,3-9,11H2,1-2H3,(H,19,22)/t14-,16+/m1/s1. The molecule has 3 rings (SSSR count). The number of likely N-dealkylation sites (tertiary alicyclic amines) is 1. The molecule has 6 heteroatoms. The first kappa shape index (κ1) is 16.5. The minimum absolute atomic E-state index is 0.0254. The Morgan fingerprint density at radius 1 is 1.39 bits per heavy atom. The van der Waals surface area contributed by atoms with Gasteiger partial charge >= 0.3 is 0 Å². The molecular weight excluding hydrogens is 292 g/mol. The van der Waals surface area contributed by atoms with Crippen LogP contribution in [0, 0.1) is 5.92 Å². The van der Waals surface area contributed by atoms with E-state index in [-0.39, 0.29) is 18.1 Å². The zero-order valence-corrected chi connectivity index (χ0v) is 14.2. The van der Waals surface area contributed by atoms with Gasteiger partial charge in [0.05, 0.1) is 24.8 Å². The van der Waals surface area contributed by atoms with E-state index in [4.69, 9.17) is 4.74 Å². The van der Waals surface area contributed by atoms with Gasteiger partial charge in [-0.3, -0.25) is 9.69 Å². The van der Waals surface area contributed by atoms with Crippen LogP contribution in [-0.2, 0) is 16.6 Å². The molecule has 1 N–H and O–H groups in total. The molecule has 0 bridgehead atoms. The minimum atomic E-state index is 0.0254. The molecule has 0 unspecified atom stereocenters. The fourth-order valence-electron chi connectivity index (χ4n) is 3.51. The lowest BCUT2D eigenvalue weighted by Crippen LogP contribution is -2.46. The summed E-state index contributed by atoms with van der Waals surface area (Å²) in [6.45, 7) is 5.58. The number of nitrogens with one attached hydrogen (secondary N) is 1. The molecule has 2 aliphatic heterocycles. The second-order valence-corrected chi connectivity index (χ2v) is 7.04. The van der Waals surface area contributed by atoms with Gasteiger partial charge in [0, 0.05) is 19.7 Å². The second kappa shape index (κ2) is 7.45. The van der Waals surface area contributed by atoms with E-state index in [1.807, 2.05) is 17.8 Å². The first-order valence-electron chi connectivity index (χ1n) is 8.71. The van der Waals surface area contributed by atoms with E-state index >= 15 is 0 Å². The van der Waals surface area contributed by atoms with E-state index in [1.54, 1.807) is 6.33 Å². The molecule has 3 heterocycles. The molecule has 0 radical (unpaired) electrons. The fourth-order valence-corrected chi connectivity index (χ4v) is 3.51. The van der Waals surface area contributed by atoms with Crippen molar-refractivity contribution in [3.05, 3.63) is 18.2 Å². The molecule has 0 saturated carbocycles. The van der Waals surface area contributed by atoms with Crippen molar-refractivity contribution in [2.24, 2.45) is 13.0 Å². The lowest BCUT2D eigenvalue weighted by molar-refractivity contribution is -0.124. The van der Waals surface area contributed by atoms with Crippen LogP contribution in [0.3, 0.4) is 0 Å². The number of hydrogen-bond acceptors (Lipinski definition) is 4. The molecule has 0 aromatic carbocycles. The maximum Gasteiger partial charge on any atom is 0.234 e. The first-order chi connectivity index (χ1) is 11.1. The molecule has 1 aromatic heterocycles. The summed E-state index contributed by atoms with van der Waals surface area (Å²) >= 11 is 0. The molecule has 0 aliphatic carbocycles. The average molecular weight is 320 g/mol. The topological polar surface area (TPSA) is 59.4 Å². The number of piperidine rings is 1. The first-order valence-corrected chi connectivity index (χ1v) is 8.71. The Bertz CT molecular complexity index is 522. The molecule has 2 saturated heterocycles. The van der Waals surface area contributed by atoms with Gasteiger partial charge in [-0.2, -0.15) is 0 Å². The maximum absolute atomic E-state index is 12.3. The highest BCUT2D eigenvalue weighted by molar-refractivity contribution is 5.78. The second-order valence-electron chi connectivity index (χ2n) is 7.04. The van der Waals surface area contributed by atoms with Crippen LogP contribution in [0.4, 0.5) is 0 Å². The minimum Gasteiger partial charge on any atom is -0.372 e. The Kier molecular flexibility index (Phi) is 5.33. The molecular formula is C17H28N4O2. The molecule has 23 heavy (non-hydrogen) atoms. The highest BCUT2D eigenvalue weighted by Crippen LogP contribution is 2.27. The lowest BCUT2D eigenvalue weighted by Gasteiger charge is -2.32. The summed E-state index contributed by atoms with van der Waals surface area (Å²) in [7, 11) is 1.98.